The highest BCUT2D eigenvalue weighted by atomic mass is 16.2. The van der Waals surface area contributed by atoms with Crippen molar-refractivity contribution in [1.29, 1.82) is 0 Å². The number of carbonyl (C=O) groups is 2. The van der Waals surface area contributed by atoms with Crippen molar-refractivity contribution < 1.29 is 9.59 Å². The van der Waals surface area contributed by atoms with Crippen LogP contribution in [0.4, 0.5) is 0 Å². The number of nitrogens with two attached hydrogens (primary N) is 1. The molecule has 2 aliphatic rings. The SMILES string of the molecule is CCN(CC)CC(=O)N1CCN(C(=O)C2CCCCC2(C)N)CC1. The van der Waals surface area contributed by atoms with E-state index in [1.165, 1.54) is 0 Å². The van der Waals surface area contributed by atoms with Crippen LogP contribution in [0.5, 0.6) is 0 Å². The predicted molar refractivity (Wildman–Crippen MR) is 95.5 cm³/mol. The van der Waals surface area contributed by atoms with Gasteiger partial charge in [0, 0.05) is 31.7 Å². The van der Waals surface area contributed by atoms with Gasteiger partial charge in [-0.05, 0) is 32.9 Å². The zero-order valence-corrected chi connectivity index (χ0v) is 15.6. The molecule has 2 N–H and O–H groups in total. The lowest BCUT2D eigenvalue weighted by Crippen LogP contribution is -2.58. The molecule has 6 nitrogen and oxygen atoms in total. The molecule has 1 saturated heterocycles. The lowest BCUT2D eigenvalue weighted by molar-refractivity contribution is -0.144. The van der Waals surface area contributed by atoms with Gasteiger partial charge in [-0.25, -0.2) is 0 Å². The molecule has 0 aromatic rings. The summed E-state index contributed by atoms with van der Waals surface area (Å²) < 4.78 is 0. The summed E-state index contributed by atoms with van der Waals surface area (Å²) in [7, 11) is 0. The van der Waals surface area contributed by atoms with Gasteiger partial charge in [0.1, 0.15) is 0 Å². The number of hydrogen-bond donors (Lipinski definition) is 1. The smallest absolute Gasteiger partial charge is 0.236 e. The van der Waals surface area contributed by atoms with E-state index in [4.69, 9.17) is 5.73 Å². The molecule has 0 spiro atoms. The first kappa shape index (κ1) is 19.2. The van der Waals surface area contributed by atoms with Crippen molar-refractivity contribution in [3.05, 3.63) is 0 Å². The molecule has 2 rings (SSSR count). The lowest BCUT2D eigenvalue weighted by Gasteiger charge is -2.42. The summed E-state index contributed by atoms with van der Waals surface area (Å²) in [4.78, 5) is 31.2. The summed E-state index contributed by atoms with van der Waals surface area (Å²) >= 11 is 0. The molecule has 0 radical (unpaired) electrons. The molecule has 0 bridgehead atoms. The minimum Gasteiger partial charge on any atom is -0.339 e. The van der Waals surface area contributed by atoms with Gasteiger partial charge >= 0.3 is 0 Å². The van der Waals surface area contributed by atoms with Crippen LogP contribution in [-0.2, 0) is 9.59 Å². The Labute approximate surface area is 146 Å². The minimum atomic E-state index is -0.384. The summed E-state index contributed by atoms with van der Waals surface area (Å²) in [6.07, 6.45) is 4.02. The maximum atomic E-state index is 12.8. The number of hydrogen-bond acceptors (Lipinski definition) is 4. The van der Waals surface area contributed by atoms with Crippen LogP contribution in [0.15, 0.2) is 0 Å². The Morgan fingerprint density at radius 3 is 2.21 bits per heavy atom. The first-order valence-corrected chi connectivity index (χ1v) is 9.46. The molecule has 2 fully saturated rings. The molecule has 2 unspecified atom stereocenters. The van der Waals surface area contributed by atoms with Gasteiger partial charge in [-0.3, -0.25) is 14.5 Å². The second-order valence-corrected chi connectivity index (χ2v) is 7.47. The minimum absolute atomic E-state index is 0.0656. The van der Waals surface area contributed by atoms with Crippen LogP contribution in [0.1, 0.15) is 46.5 Å². The fourth-order valence-electron chi connectivity index (χ4n) is 3.90. The van der Waals surface area contributed by atoms with Crippen molar-refractivity contribution in [1.82, 2.24) is 14.7 Å². The third kappa shape index (κ3) is 4.48. The molecule has 6 heteroatoms. The third-order valence-corrected chi connectivity index (χ3v) is 5.75. The molecule has 1 saturated carbocycles. The van der Waals surface area contributed by atoms with Crippen molar-refractivity contribution in [2.24, 2.45) is 11.7 Å². The molecule has 1 heterocycles. The number of piperazine rings is 1. The number of carbonyl (C=O) groups excluding carboxylic acids is 2. The van der Waals surface area contributed by atoms with Gasteiger partial charge in [0.2, 0.25) is 11.8 Å². The van der Waals surface area contributed by atoms with E-state index in [0.717, 1.165) is 38.8 Å². The van der Waals surface area contributed by atoms with Crippen molar-refractivity contribution >= 4 is 11.8 Å². The molecule has 0 aromatic carbocycles. The quantitative estimate of drug-likeness (QED) is 0.809. The topological polar surface area (TPSA) is 69.9 Å². The van der Waals surface area contributed by atoms with E-state index in [0.29, 0.717) is 32.7 Å². The molecule has 0 aromatic heterocycles. The van der Waals surface area contributed by atoms with Crippen LogP contribution in [0.2, 0.25) is 0 Å². The van der Waals surface area contributed by atoms with Gasteiger partial charge in [0.25, 0.3) is 0 Å². The van der Waals surface area contributed by atoms with Crippen LogP contribution in [-0.4, -0.2) is 77.9 Å². The first-order valence-electron chi connectivity index (χ1n) is 9.46. The molecule has 1 aliphatic carbocycles. The Bertz CT molecular complexity index is 440. The van der Waals surface area contributed by atoms with Crippen LogP contribution in [0.25, 0.3) is 0 Å². The predicted octanol–water partition coefficient (Wildman–Crippen LogP) is 0.907. The zero-order chi connectivity index (χ0) is 17.7. The summed E-state index contributed by atoms with van der Waals surface area (Å²) in [5.41, 5.74) is 5.99. The van der Waals surface area contributed by atoms with E-state index >= 15 is 0 Å². The second-order valence-electron chi connectivity index (χ2n) is 7.47. The van der Waals surface area contributed by atoms with Crippen LogP contribution >= 0.6 is 0 Å². The zero-order valence-electron chi connectivity index (χ0n) is 15.6. The highest BCUT2D eigenvalue weighted by molar-refractivity contribution is 5.81. The summed E-state index contributed by atoms with van der Waals surface area (Å²) in [6.45, 7) is 10.9. The molecule has 138 valence electrons. The van der Waals surface area contributed by atoms with Gasteiger partial charge in [-0.2, -0.15) is 0 Å². The van der Waals surface area contributed by atoms with E-state index in [2.05, 4.69) is 18.7 Å². The first-order chi connectivity index (χ1) is 11.4. The van der Waals surface area contributed by atoms with Crippen LogP contribution in [0, 0.1) is 5.92 Å². The van der Waals surface area contributed by atoms with Crippen molar-refractivity contribution in [3.8, 4) is 0 Å². The van der Waals surface area contributed by atoms with E-state index in [1.54, 1.807) is 0 Å². The number of rotatable bonds is 5. The van der Waals surface area contributed by atoms with Gasteiger partial charge in [-0.1, -0.05) is 26.7 Å². The van der Waals surface area contributed by atoms with Gasteiger partial charge in [0.15, 0.2) is 0 Å². The lowest BCUT2D eigenvalue weighted by atomic mass is 9.74. The van der Waals surface area contributed by atoms with Gasteiger partial charge in [-0.15, -0.1) is 0 Å². The molecule has 1 aliphatic heterocycles. The fourth-order valence-corrected chi connectivity index (χ4v) is 3.90. The summed E-state index contributed by atoms with van der Waals surface area (Å²) in [5.74, 6) is 0.298. The molecule has 2 amide bonds. The number of nitrogens with zero attached hydrogens (tertiary/aromatic N) is 3. The Kier molecular flexibility index (Phi) is 6.63. The monoisotopic (exact) mass is 338 g/mol. The Morgan fingerprint density at radius 2 is 1.67 bits per heavy atom. The third-order valence-electron chi connectivity index (χ3n) is 5.75. The average Bonchev–Trinajstić information content (AvgIpc) is 2.58. The Hall–Kier alpha value is -1.14. The van der Waals surface area contributed by atoms with Gasteiger partial charge in [0.05, 0.1) is 12.5 Å². The largest absolute Gasteiger partial charge is 0.339 e. The van der Waals surface area contributed by atoms with E-state index in [9.17, 15) is 9.59 Å². The normalized spacial score (nSPS) is 28.3. The number of amides is 2. The maximum absolute atomic E-state index is 12.8. The fraction of sp³-hybridized carbons (Fsp3) is 0.889. The Morgan fingerprint density at radius 1 is 1.08 bits per heavy atom. The highest BCUT2D eigenvalue weighted by Gasteiger charge is 2.40. The molecular formula is C18H34N4O2. The average molecular weight is 338 g/mol. The highest BCUT2D eigenvalue weighted by Crippen LogP contribution is 2.33. The molecule has 24 heavy (non-hydrogen) atoms. The second kappa shape index (κ2) is 8.30. The van der Waals surface area contributed by atoms with E-state index in [1.807, 2.05) is 16.7 Å². The molecular weight excluding hydrogens is 304 g/mol. The Balaban J connectivity index is 1.86. The maximum Gasteiger partial charge on any atom is 0.236 e. The number of likely N-dealkylation sites (N-methyl/N-ethyl adjacent to an activating group) is 1. The van der Waals surface area contributed by atoms with Crippen LogP contribution in [0.3, 0.4) is 0 Å². The summed E-state index contributed by atoms with van der Waals surface area (Å²) in [6, 6.07) is 0. The van der Waals surface area contributed by atoms with E-state index in [-0.39, 0.29) is 23.3 Å². The van der Waals surface area contributed by atoms with Crippen molar-refractivity contribution in [3.63, 3.8) is 0 Å². The standard InChI is InChI=1S/C18H34N4O2/c1-4-20(5-2)14-16(23)21-10-12-22(13-11-21)17(24)15-8-6-7-9-18(15,3)19/h15H,4-14,19H2,1-3H3. The molecule has 2 atom stereocenters. The van der Waals surface area contributed by atoms with E-state index < -0.39 is 0 Å². The van der Waals surface area contributed by atoms with Crippen molar-refractivity contribution in [2.75, 3.05) is 45.8 Å². The van der Waals surface area contributed by atoms with Crippen molar-refractivity contribution in [2.45, 2.75) is 52.0 Å². The van der Waals surface area contributed by atoms with Crippen LogP contribution < -0.4 is 5.73 Å². The van der Waals surface area contributed by atoms with Gasteiger partial charge < -0.3 is 15.5 Å². The summed E-state index contributed by atoms with van der Waals surface area (Å²) in [5, 5.41) is 0.